The highest BCUT2D eigenvalue weighted by Crippen LogP contribution is 2.21. The van der Waals surface area contributed by atoms with E-state index < -0.39 is 0 Å². The van der Waals surface area contributed by atoms with E-state index in [1.54, 1.807) is 3.97 Å². The smallest absolute Gasteiger partial charge is 0.0600 e. The van der Waals surface area contributed by atoms with Gasteiger partial charge in [-0.1, -0.05) is 34.8 Å². The van der Waals surface area contributed by atoms with E-state index in [1.807, 2.05) is 24.4 Å². The summed E-state index contributed by atoms with van der Waals surface area (Å²) in [6.45, 7) is 0. The standard InChI is InChI=1S/C8H6BrNS/c9-7-2-1-6-3-4-10(11)8(6)5-7/h1-5,11H. The third-order valence-electron chi connectivity index (χ3n) is 1.63. The van der Waals surface area contributed by atoms with E-state index in [9.17, 15) is 0 Å². The van der Waals surface area contributed by atoms with Crippen LogP contribution in [0, 0.1) is 0 Å². The zero-order valence-electron chi connectivity index (χ0n) is 5.66. The Morgan fingerprint density at radius 1 is 1.27 bits per heavy atom. The third-order valence-corrected chi connectivity index (χ3v) is 2.48. The van der Waals surface area contributed by atoms with Gasteiger partial charge in [0, 0.05) is 16.1 Å². The molecule has 0 aliphatic heterocycles. The Morgan fingerprint density at radius 2 is 2.09 bits per heavy atom. The third kappa shape index (κ3) is 1.19. The largest absolute Gasteiger partial charge is 0.294 e. The number of rotatable bonds is 0. The molecule has 0 radical (unpaired) electrons. The maximum atomic E-state index is 4.24. The van der Waals surface area contributed by atoms with Gasteiger partial charge in [-0.05, 0) is 18.2 Å². The molecule has 1 nitrogen and oxygen atoms in total. The fraction of sp³-hybridized carbons (Fsp3) is 0. The number of halogens is 1. The Morgan fingerprint density at radius 3 is 2.91 bits per heavy atom. The van der Waals surface area contributed by atoms with Crippen molar-refractivity contribution in [1.29, 1.82) is 0 Å². The van der Waals surface area contributed by atoms with Crippen molar-refractivity contribution in [3.05, 3.63) is 34.9 Å². The number of aromatic nitrogens is 1. The van der Waals surface area contributed by atoms with Crippen LogP contribution in [0.15, 0.2) is 34.9 Å². The number of nitrogens with zero attached hydrogens (tertiary/aromatic N) is 1. The van der Waals surface area contributed by atoms with Crippen LogP contribution in [0.2, 0.25) is 0 Å². The molecular weight excluding hydrogens is 222 g/mol. The van der Waals surface area contributed by atoms with Crippen molar-refractivity contribution in [1.82, 2.24) is 3.97 Å². The highest BCUT2D eigenvalue weighted by atomic mass is 79.9. The molecule has 1 heterocycles. The second kappa shape index (κ2) is 2.57. The molecular formula is C8H6BrNS. The molecule has 0 aliphatic carbocycles. The van der Waals surface area contributed by atoms with Gasteiger partial charge in [-0.15, -0.1) is 0 Å². The number of hydrogen-bond donors (Lipinski definition) is 1. The monoisotopic (exact) mass is 227 g/mol. The first kappa shape index (κ1) is 7.25. The number of fused-ring (bicyclic) bond motifs is 1. The van der Waals surface area contributed by atoms with Gasteiger partial charge >= 0.3 is 0 Å². The average Bonchev–Trinajstić information content (AvgIpc) is 2.33. The number of benzene rings is 1. The maximum absolute atomic E-state index is 4.24. The normalized spacial score (nSPS) is 10.7. The summed E-state index contributed by atoms with van der Waals surface area (Å²) < 4.78 is 2.89. The lowest BCUT2D eigenvalue weighted by Crippen LogP contribution is -1.75. The summed E-state index contributed by atoms with van der Waals surface area (Å²) in [5.74, 6) is 0. The predicted molar refractivity (Wildman–Crippen MR) is 54.0 cm³/mol. The topological polar surface area (TPSA) is 4.93 Å². The fourth-order valence-electron chi connectivity index (χ4n) is 1.09. The summed E-state index contributed by atoms with van der Waals surface area (Å²) in [6.07, 6.45) is 1.93. The molecule has 0 aliphatic rings. The summed E-state index contributed by atoms with van der Waals surface area (Å²) in [6, 6.07) is 8.17. The van der Waals surface area contributed by atoms with Crippen molar-refractivity contribution in [3.8, 4) is 0 Å². The van der Waals surface area contributed by atoms with Gasteiger partial charge in [0.1, 0.15) is 0 Å². The lowest BCUT2D eigenvalue weighted by molar-refractivity contribution is 1.37. The van der Waals surface area contributed by atoms with Crippen LogP contribution in [0.3, 0.4) is 0 Å². The van der Waals surface area contributed by atoms with Crippen LogP contribution in [-0.4, -0.2) is 3.97 Å². The Kier molecular flexibility index (Phi) is 1.69. The Bertz CT molecular complexity index is 394. The molecule has 0 bridgehead atoms. The zero-order valence-corrected chi connectivity index (χ0v) is 8.14. The molecule has 0 fully saturated rings. The molecule has 0 spiro atoms. The van der Waals surface area contributed by atoms with Gasteiger partial charge in [-0.2, -0.15) is 0 Å². The van der Waals surface area contributed by atoms with E-state index in [4.69, 9.17) is 0 Å². The average molecular weight is 228 g/mol. The van der Waals surface area contributed by atoms with Gasteiger partial charge in [-0.3, -0.25) is 3.97 Å². The minimum Gasteiger partial charge on any atom is -0.294 e. The Labute approximate surface area is 78.7 Å². The molecule has 0 N–H and O–H groups in total. The lowest BCUT2D eigenvalue weighted by Gasteiger charge is -1.94. The molecule has 0 amide bonds. The molecule has 3 heteroatoms. The van der Waals surface area contributed by atoms with Crippen molar-refractivity contribution >= 4 is 39.6 Å². The summed E-state index contributed by atoms with van der Waals surface area (Å²) in [5.41, 5.74) is 1.13. The number of thiol groups is 1. The minimum atomic E-state index is 1.08. The summed E-state index contributed by atoms with van der Waals surface area (Å²) >= 11 is 7.65. The van der Waals surface area contributed by atoms with E-state index in [2.05, 4.69) is 34.8 Å². The van der Waals surface area contributed by atoms with Crippen LogP contribution in [0.1, 0.15) is 0 Å². The maximum Gasteiger partial charge on any atom is 0.0600 e. The van der Waals surface area contributed by atoms with Gasteiger partial charge in [0.05, 0.1) is 5.52 Å². The molecule has 2 aromatic rings. The highest BCUT2D eigenvalue weighted by molar-refractivity contribution is 9.10. The lowest BCUT2D eigenvalue weighted by atomic mass is 10.3. The first-order valence-corrected chi connectivity index (χ1v) is 4.42. The van der Waals surface area contributed by atoms with Crippen LogP contribution in [0.4, 0.5) is 0 Å². The van der Waals surface area contributed by atoms with E-state index in [1.165, 1.54) is 5.39 Å². The molecule has 2 rings (SSSR count). The summed E-state index contributed by atoms with van der Waals surface area (Å²) in [7, 11) is 0. The Hall–Kier alpha value is -0.410. The molecule has 11 heavy (non-hydrogen) atoms. The van der Waals surface area contributed by atoms with Crippen molar-refractivity contribution in [3.63, 3.8) is 0 Å². The first-order chi connectivity index (χ1) is 5.27. The van der Waals surface area contributed by atoms with Crippen molar-refractivity contribution < 1.29 is 0 Å². The van der Waals surface area contributed by atoms with E-state index in [0.717, 1.165) is 9.99 Å². The van der Waals surface area contributed by atoms with Gasteiger partial charge in [0.25, 0.3) is 0 Å². The van der Waals surface area contributed by atoms with Crippen LogP contribution in [-0.2, 0) is 0 Å². The molecule has 56 valence electrons. The highest BCUT2D eigenvalue weighted by Gasteiger charge is 1.97. The quantitative estimate of drug-likeness (QED) is 0.661. The van der Waals surface area contributed by atoms with Crippen molar-refractivity contribution in [2.24, 2.45) is 0 Å². The van der Waals surface area contributed by atoms with Crippen LogP contribution in [0.5, 0.6) is 0 Å². The van der Waals surface area contributed by atoms with Gasteiger partial charge in [0.15, 0.2) is 0 Å². The van der Waals surface area contributed by atoms with Crippen LogP contribution >= 0.6 is 28.7 Å². The second-order valence-corrected chi connectivity index (χ2v) is 3.71. The zero-order chi connectivity index (χ0) is 7.84. The first-order valence-electron chi connectivity index (χ1n) is 3.23. The van der Waals surface area contributed by atoms with E-state index >= 15 is 0 Å². The van der Waals surface area contributed by atoms with Gasteiger partial charge in [0.2, 0.25) is 0 Å². The van der Waals surface area contributed by atoms with Crippen molar-refractivity contribution in [2.75, 3.05) is 0 Å². The molecule has 1 aromatic heterocycles. The predicted octanol–water partition coefficient (Wildman–Crippen LogP) is 3.10. The van der Waals surface area contributed by atoms with Crippen LogP contribution < -0.4 is 0 Å². The van der Waals surface area contributed by atoms with Crippen molar-refractivity contribution in [2.45, 2.75) is 0 Å². The molecule has 0 saturated heterocycles. The molecule has 0 saturated carbocycles. The number of hydrogen-bond acceptors (Lipinski definition) is 1. The Balaban J connectivity index is 2.87. The van der Waals surface area contributed by atoms with Gasteiger partial charge < -0.3 is 0 Å². The minimum absolute atomic E-state index is 1.08. The second-order valence-electron chi connectivity index (χ2n) is 2.36. The molecule has 1 aromatic carbocycles. The van der Waals surface area contributed by atoms with E-state index in [0.29, 0.717) is 0 Å². The van der Waals surface area contributed by atoms with Gasteiger partial charge in [-0.25, -0.2) is 0 Å². The SMILES string of the molecule is Sn1ccc2ccc(Br)cc21. The summed E-state index contributed by atoms with van der Waals surface area (Å²) in [4.78, 5) is 0. The molecule has 0 atom stereocenters. The van der Waals surface area contributed by atoms with Crippen LogP contribution in [0.25, 0.3) is 10.9 Å². The van der Waals surface area contributed by atoms with E-state index in [-0.39, 0.29) is 0 Å². The molecule has 0 unspecified atom stereocenters. The fourth-order valence-corrected chi connectivity index (χ4v) is 1.68. The summed E-state index contributed by atoms with van der Waals surface area (Å²) in [5, 5.41) is 1.21.